The first-order chi connectivity index (χ1) is 7.99. The van der Waals surface area contributed by atoms with Crippen LogP contribution in [0.4, 0.5) is 0 Å². The Hall–Kier alpha value is -0.670. The van der Waals surface area contributed by atoms with Gasteiger partial charge in [-0.15, -0.1) is 0 Å². The van der Waals surface area contributed by atoms with Gasteiger partial charge in [0.15, 0.2) is 0 Å². The van der Waals surface area contributed by atoms with Gasteiger partial charge in [-0.2, -0.15) is 0 Å². The Labute approximate surface area is 117 Å². The summed E-state index contributed by atoms with van der Waals surface area (Å²) < 4.78 is 0. The summed E-state index contributed by atoms with van der Waals surface area (Å²) in [6, 6.07) is 6.03. The summed E-state index contributed by atoms with van der Waals surface area (Å²) >= 11 is 23.9. The van der Waals surface area contributed by atoms with Gasteiger partial charge in [0.1, 0.15) is 5.15 Å². The van der Waals surface area contributed by atoms with E-state index in [1.807, 2.05) is 0 Å². The number of halogens is 4. The molecule has 0 amide bonds. The van der Waals surface area contributed by atoms with Crippen LogP contribution < -0.4 is 5.56 Å². The van der Waals surface area contributed by atoms with Crippen molar-refractivity contribution in [3.8, 4) is 11.1 Å². The number of rotatable bonds is 1. The summed E-state index contributed by atoms with van der Waals surface area (Å²) in [7, 11) is 0. The van der Waals surface area contributed by atoms with Gasteiger partial charge in [0.25, 0.3) is 0 Å². The maximum atomic E-state index is 11.1. The van der Waals surface area contributed by atoms with Crippen molar-refractivity contribution in [3.63, 3.8) is 0 Å². The van der Waals surface area contributed by atoms with E-state index in [1.54, 1.807) is 18.2 Å². The fourth-order valence-corrected chi connectivity index (χ4v) is 2.71. The number of aromatic amines is 1. The van der Waals surface area contributed by atoms with Gasteiger partial charge in [0.05, 0.1) is 10.0 Å². The van der Waals surface area contributed by atoms with Crippen molar-refractivity contribution in [1.82, 2.24) is 4.98 Å². The van der Waals surface area contributed by atoms with Crippen molar-refractivity contribution in [2.24, 2.45) is 0 Å². The molecule has 0 unspecified atom stereocenters. The van der Waals surface area contributed by atoms with Crippen molar-refractivity contribution in [2.75, 3.05) is 0 Å². The molecule has 6 heteroatoms. The number of benzene rings is 1. The number of hydrogen-bond donors (Lipinski definition) is 1. The third-order valence-electron chi connectivity index (χ3n) is 2.15. The van der Waals surface area contributed by atoms with Gasteiger partial charge in [-0.1, -0.05) is 46.4 Å². The third-order valence-corrected chi connectivity index (χ3v) is 3.26. The Kier molecular flexibility index (Phi) is 3.69. The van der Waals surface area contributed by atoms with Crippen LogP contribution in [0.2, 0.25) is 20.2 Å². The third kappa shape index (κ3) is 2.61. The molecule has 1 aromatic carbocycles. The Bertz CT molecular complexity index is 613. The quantitative estimate of drug-likeness (QED) is 0.764. The molecule has 0 saturated heterocycles. The van der Waals surface area contributed by atoms with E-state index in [2.05, 4.69) is 4.98 Å². The van der Waals surface area contributed by atoms with E-state index in [1.165, 1.54) is 6.07 Å². The van der Waals surface area contributed by atoms with Crippen LogP contribution in [-0.4, -0.2) is 4.98 Å². The summed E-state index contributed by atoms with van der Waals surface area (Å²) in [6.45, 7) is 0. The smallest absolute Gasteiger partial charge is 0.249 e. The van der Waals surface area contributed by atoms with Crippen molar-refractivity contribution < 1.29 is 0 Å². The molecule has 0 bridgehead atoms. The van der Waals surface area contributed by atoms with Crippen LogP contribution >= 0.6 is 46.4 Å². The zero-order chi connectivity index (χ0) is 12.6. The van der Waals surface area contributed by atoms with E-state index in [4.69, 9.17) is 46.4 Å². The highest BCUT2D eigenvalue weighted by molar-refractivity contribution is 6.42. The van der Waals surface area contributed by atoms with Crippen molar-refractivity contribution in [1.29, 1.82) is 0 Å². The molecule has 2 rings (SSSR count). The van der Waals surface area contributed by atoms with E-state index < -0.39 is 0 Å². The van der Waals surface area contributed by atoms with E-state index in [0.717, 1.165) is 0 Å². The van der Waals surface area contributed by atoms with Crippen LogP contribution in [0, 0.1) is 0 Å². The molecule has 1 heterocycles. The van der Waals surface area contributed by atoms with Gasteiger partial charge < -0.3 is 4.98 Å². The summed E-state index contributed by atoms with van der Waals surface area (Å²) in [5, 5.41) is 1.36. The summed E-state index contributed by atoms with van der Waals surface area (Å²) in [5.41, 5.74) is 0.803. The van der Waals surface area contributed by atoms with Crippen molar-refractivity contribution in [2.45, 2.75) is 0 Å². The summed E-state index contributed by atoms with van der Waals surface area (Å²) in [4.78, 5) is 13.5. The maximum Gasteiger partial charge on any atom is 0.249 e. The number of aromatic nitrogens is 1. The molecule has 0 radical (unpaired) electrons. The lowest BCUT2D eigenvalue weighted by atomic mass is 10.1. The molecule has 0 spiro atoms. The zero-order valence-corrected chi connectivity index (χ0v) is 11.3. The lowest BCUT2D eigenvalue weighted by Gasteiger charge is -2.09. The maximum absolute atomic E-state index is 11.1. The van der Waals surface area contributed by atoms with Gasteiger partial charge in [0, 0.05) is 22.2 Å². The van der Waals surface area contributed by atoms with Crippen molar-refractivity contribution >= 4 is 46.4 Å². The predicted molar refractivity (Wildman–Crippen MR) is 72.5 cm³/mol. The molecule has 0 aliphatic rings. The van der Waals surface area contributed by atoms with Crippen LogP contribution in [-0.2, 0) is 0 Å². The first-order valence-electron chi connectivity index (χ1n) is 4.53. The molecular weight excluding hydrogens is 304 g/mol. The highest BCUT2D eigenvalue weighted by atomic mass is 35.5. The lowest BCUT2D eigenvalue weighted by Crippen LogP contribution is -2.03. The largest absolute Gasteiger partial charge is 0.312 e. The SMILES string of the molecule is O=c1ccc(-c2c(Cl)cc(Cl)cc2Cl)c(Cl)[nH]1. The van der Waals surface area contributed by atoms with Crippen LogP contribution in [0.25, 0.3) is 11.1 Å². The van der Waals surface area contributed by atoms with Gasteiger partial charge in [0.2, 0.25) is 5.56 Å². The molecule has 0 saturated carbocycles. The van der Waals surface area contributed by atoms with E-state index >= 15 is 0 Å². The predicted octanol–water partition coefficient (Wildman–Crippen LogP) is 4.66. The fourth-order valence-electron chi connectivity index (χ4n) is 1.44. The molecule has 88 valence electrons. The average Bonchev–Trinajstić information content (AvgIpc) is 2.19. The second-order valence-corrected chi connectivity index (χ2v) is 4.92. The van der Waals surface area contributed by atoms with Crippen LogP contribution in [0.3, 0.4) is 0 Å². The van der Waals surface area contributed by atoms with Gasteiger partial charge >= 0.3 is 0 Å². The first kappa shape index (κ1) is 12.8. The number of H-pyrrole nitrogens is 1. The van der Waals surface area contributed by atoms with Gasteiger partial charge in [-0.3, -0.25) is 4.79 Å². The second-order valence-electron chi connectivity index (χ2n) is 3.29. The number of pyridine rings is 1. The minimum Gasteiger partial charge on any atom is -0.312 e. The molecule has 2 aromatic rings. The van der Waals surface area contributed by atoms with Crippen LogP contribution in [0.15, 0.2) is 29.1 Å². The Balaban J connectivity index is 2.73. The minimum absolute atomic E-state index is 0.184. The highest BCUT2D eigenvalue weighted by Crippen LogP contribution is 2.39. The Morgan fingerprint density at radius 3 is 2.06 bits per heavy atom. The fraction of sp³-hybridized carbons (Fsp3) is 0. The normalized spacial score (nSPS) is 10.6. The second kappa shape index (κ2) is 4.91. The molecule has 17 heavy (non-hydrogen) atoms. The van der Waals surface area contributed by atoms with E-state index in [0.29, 0.717) is 26.2 Å². The van der Waals surface area contributed by atoms with Gasteiger partial charge in [-0.05, 0) is 18.2 Å². The topological polar surface area (TPSA) is 32.9 Å². The van der Waals surface area contributed by atoms with Gasteiger partial charge in [-0.25, -0.2) is 0 Å². The Morgan fingerprint density at radius 2 is 1.53 bits per heavy atom. The van der Waals surface area contributed by atoms with Crippen LogP contribution in [0.5, 0.6) is 0 Å². The Morgan fingerprint density at radius 1 is 0.941 bits per heavy atom. The minimum atomic E-state index is -0.292. The number of nitrogens with one attached hydrogen (secondary N) is 1. The molecule has 0 aliphatic carbocycles. The van der Waals surface area contributed by atoms with E-state index in [9.17, 15) is 4.79 Å². The average molecular weight is 309 g/mol. The molecule has 1 aromatic heterocycles. The first-order valence-corrected chi connectivity index (χ1v) is 6.04. The molecular formula is C11H5Cl4NO. The van der Waals surface area contributed by atoms with Crippen molar-refractivity contribution in [3.05, 3.63) is 54.8 Å². The monoisotopic (exact) mass is 307 g/mol. The molecule has 0 fully saturated rings. The summed E-state index contributed by atoms with van der Waals surface area (Å²) in [5.74, 6) is 0. The highest BCUT2D eigenvalue weighted by Gasteiger charge is 2.13. The molecule has 2 nitrogen and oxygen atoms in total. The number of hydrogen-bond acceptors (Lipinski definition) is 1. The molecule has 0 atom stereocenters. The molecule has 1 N–H and O–H groups in total. The standard InChI is InChI=1S/C11H5Cl4NO/c12-5-3-7(13)10(8(14)4-5)6-1-2-9(17)16-11(6)15/h1-4H,(H,16,17). The molecule has 0 aliphatic heterocycles. The van der Waals surface area contributed by atoms with E-state index in [-0.39, 0.29) is 10.7 Å². The zero-order valence-electron chi connectivity index (χ0n) is 8.23. The lowest BCUT2D eigenvalue weighted by molar-refractivity contribution is 1.24. The van der Waals surface area contributed by atoms with Crippen LogP contribution in [0.1, 0.15) is 0 Å². The summed E-state index contributed by atoms with van der Waals surface area (Å²) in [6.07, 6.45) is 0.